The molecule has 0 aromatic heterocycles. The summed E-state index contributed by atoms with van der Waals surface area (Å²) in [6.07, 6.45) is 8.72. The minimum absolute atomic E-state index is 0.432. The summed E-state index contributed by atoms with van der Waals surface area (Å²) in [5.74, 6) is 4.56. The van der Waals surface area contributed by atoms with Crippen molar-refractivity contribution < 1.29 is 9.47 Å². The highest BCUT2D eigenvalue weighted by atomic mass is 35.5. The van der Waals surface area contributed by atoms with Gasteiger partial charge in [0.25, 0.3) is 0 Å². The van der Waals surface area contributed by atoms with Crippen molar-refractivity contribution in [1.29, 1.82) is 0 Å². The quantitative estimate of drug-likeness (QED) is 0.442. The van der Waals surface area contributed by atoms with Gasteiger partial charge in [-0.3, -0.25) is 0 Å². The number of hydrogen-bond acceptors (Lipinski definition) is 3. The van der Waals surface area contributed by atoms with Crippen molar-refractivity contribution in [1.82, 2.24) is 5.32 Å². The maximum Gasteiger partial charge on any atom is 0.166 e. The van der Waals surface area contributed by atoms with E-state index in [1.165, 1.54) is 38.5 Å². The van der Waals surface area contributed by atoms with Crippen molar-refractivity contribution in [3.63, 3.8) is 0 Å². The van der Waals surface area contributed by atoms with Crippen molar-refractivity contribution in [2.24, 2.45) is 23.2 Å². The van der Waals surface area contributed by atoms with Crippen LogP contribution in [0.3, 0.4) is 0 Å². The van der Waals surface area contributed by atoms with E-state index in [2.05, 4.69) is 24.4 Å². The van der Waals surface area contributed by atoms with Gasteiger partial charge in [-0.15, -0.1) is 0 Å². The fourth-order valence-electron chi connectivity index (χ4n) is 7.09. The molecule has 0 heterocycles. The molecule has 172 valence electrons. The molecule has 1 atom stereocenters. The fourth-order valence-corrected chi connectivity index (χ4v) is 7.28. The Hall–Kier alpha value is -1.71. The number of para-hydroxylation sites is 1. The van der Waals surface area contributed by atoms with Gasteiger partial charge in [-0.25, -0.2) is 0 Å². The standard InChI is InChI=1S/C28H36ClNO2/c1-3-31-26-10-6-8-23(27(26)32-18-24-7-4-5-9-25(24)29)17-30-19(2)28-14-20-11-21(15-28)13-22(12-20)16-28/h4-10,19-22,30H,3,11-18H2,1-2H3/t19-,20?,21?,22?,28?/m0/s1. The van der Waals surface area contributed by atoms with Crippen LogP contribution in [0.2, 0.25) is 5.02 Å². The molecule has 2 aromatic rings. The van der Waals surface area contributed by atoms with E-state index in [4.69, 9.17) is 21.1 Å². The van der Waals surface area contributed by atoms with Gasteiger partial charge in [0, 0.05) is 28.7 Å². The first-order valence-electron chi connectivity index (χ1n) is 12.4. The average Bonchev–Trinajstić information content (AvgIpc) is 2.77. The number of halogens is 1. The van der Waals surface area contributed by atoms with Crippen LogP contribution < -0.4 is 14.8 Å². The van der Waals surface area contributed by atoms with Crippen LogP contribution in [0.15, 0.2) is 42.5 Å². The summed E-state index contributed by atoms with van der Waals surface area (Å²) in [6, 6.07) is 14.6. The first kappa shape index (κ1) is 22.1. The summed E-state index contributed by atoms with van der Waals surface area (Å²) < 4.78 is 12.2. The van der Waals surface area contributed by atoms with Gasteiger partial charge in [0.05, 0.1) is 6.61 Å². The Morgan fingerprint density at radius 3 is 2.25 bits per heavy atom. The van der Waals surface area contributed by atoms with E-state index < -0.39 is 0 Å². The highest BCUT2D eigenvalue weighted by Crippen LogP contribution is 2.61. The Balaban J connectivity index is 1.31. The molecule has 4 aliphatic carbocycles. The van der Waals surface area contributed by atoms with Crippen LogP contribution in [0.1, 0.15) is 63.5 Å². The van der Waals surface area contributed by atoms with Crippen LogP contribution in [0.5, 0.6) is 11.5 Å². The van der Waals surface area contributed by atoms with Crippen molar-refractivity contribution in [2.75, 3.05) is 6.61 Å². The monoisotopic (exact) mass is 453 g/mol. The maximum absolute atomic E-state index is 6.36. The highest BCUT2D eigenvalue weighted by Gasteiger charge is 2.52. The van der Waals surface area contributed by atoms with E-state index in [-0.39, 0.29) is 0 Å². The molecule has 0 saturated heterocycles. The smallest absolute Gasteiger partial charge is 0.166 e. The summed E-state index contributed by atoms with van der Waals surface area (Å²) in [4.78, 5) is 0. The topological polar surface area (TPSA) is 30.5 Å². The predicted molar refractivity (Wildman–Crippen MR) is 130 cm³/mol. The Labute approximate surface area is 197 Å². The molecule has 0 radical (unpaired) electrons. The second-order valence-electron chi connectivity index (χ2n) is 10.4. The number of rotatable bonds is 9. The molecule has 4 heteroatoms. The van der Waals surface area contributed by atoms with E-state index in [1.807, 2.05) is 37.3 Å². The minimum atomic E-state index is 0.432. The van der Waals surface area contributed by atoms with E-state index >= 15 is 0 Å². The summed E-state index contributed by atoms with van der Waals surface area (Å²) >= 11 is 6.36. The van der Waals surface area contributed by atoms with Crippen LogP contribution in [0.4, 0.5) is 0 Å². The van der Waals surface area contributed by atoms with E-state index in [0.29, 0.717) is 24.7 Å². The van der Waals surface area contributed by atoms with Crippen molar-refractivity contribution >= 4 is 11.6 Å². The van der Waals surface area contributed by atoms with Crippen molar-refractivity contribution in [3.05, 3.63) is 58.6 Å². The first-order valence-corrected chi connectivity index (χ1v) is 12.8. The van der Waals surface area contributed by atoms with Crippen molar-refractivity contribution in [2.45, 2.75) is 71.6 Å². The third kappa shape index (κ3) is 4.39. The Bertz CT molecular complexity index is 907. The number of benzene rings is 2. The molecule has 0 aliphatic heterocycles. The van der Waals surface area contributed by atoms with E-state index in [0.717, 1.165) is 51.9 Å². The van der Waals surface area contributed by atoms with Gasteiger partial charge in [-0.05, 0) is 87.7 Å². The third-order valence-corrected chi connectivity index (χ3v) is 8.66. The number of hydrogen-bond donors (Lipinski definition) is 1. The van der Waals surface area contributed by atoms with Crippen LogP contribution >= 0.6 is 11.6 Å². The zero-order valence-corrected chi connectivity index (χ0v) is 20.2. The molecule has 3 nitrogen and oxygen atoms in total. The molecule has 4 fully saturated rings. The molecule has 4 saturated carbocycles. The SMILES string of the molecule is CCOc1cccc(CN[C@@H](C)C23CC4CC(CC(C4)C2)C3)c1OCc1ccccc1Cl. The molecule has 0 unspecified atom stereocenters. The van der Waals surface area contributed by atoms with Gasteiger partial charge in [0.15, 0.2) is 11.5 Å². The summed E-state index contributed by atoms with van der Waals surface area (Å²) in [7, 11) is 0. The second-order valence-corrected chi connectivity index (χ2v) is 10.8. The largest absolute Gasteiger partial charge is 0.490 e. The molecule has 4 bridgehead atoms. The Kier molecular flexibility index (Phi) is 6.40. The molecule has 4 aliphatic rings. The predicted octanol–water partition coefficient (Wildman–Crippen LogP) is 7.01. The normalized spacial score (nSPS) is 29.2. The summed E-state index contributed by atoms with van der Waals surface area (Å²) in [5, 5.41) is 4.65. The van der Waals surface area contributed by atoms with Crippen LogP contribution in [0, 0.1) is 23.2 Å². The van der Waals surface area contributed by atoms with Gasteiger partial charge in [0.1, 0.15) is 6.61 Å². The summed E-state index contributed by atoms with van der Waals surface area (Å²) in [6.45, 7) is 6.27. The molecular weight excluding hydrogens is 418 g/mol. The van der Waals surface area contributed by atoms with Crippen LogP contribution in [0.25, 0.3) is 0 Å². The van der Waals surface area contributed by atoms with E-state index in [1.54, 1.807) is 0 Å². The molecular formula is C28H36ClNO2. The van der Waals surface area contributed by atoms with Crippen LogP contribution in [-0.4, -0.2) is 12.6 Å². The van der Waals surface area contributed by atoms with Gasteiger partial charge in [-0.1, -0.05) is 41.9 Å². The molecule has 0 amide bonds. The van der Waals surface area contributed by atoms with Gasteiger partial charge in [0.2, 0.25) is 0 Å². The average molecular weight is 454 g/mol. The lowest BCUT2D eigenvalue weighted by Crippen LogP contribution is -2.54. The van der Waals surface area contributed by atoms with Gasteiger partial charge >= 0.3 is 0 Å². The Morgan fingerprint density at radius 2 is 1.59 bits per heavy atom. The lowest BCUT2D eigenvalue weighted by atomic mass is 9.48. The van der Waals surface area contributed by atoms with Gasteiger partial charge in [-0.2, -0.15) is 0 Å². The molecule has 0 spiro atoms. The molecule has 6 rings (SSSR count). The van der Waals surface area contributed by atoms with Gasteiger partial charge < -0.3 is 14.8 Å². The zero-order valence-electron chi connectivity index (χ0n) is 19.4. The van der Waals surface area contributed by atoms with Crippen molar-refractivity contribution in [3.8, 4) is 11.5 Å². The minimum Gasteiger partial charge on any atom is -0.490 e. The zero-order chi connectivity index (χ0) is 22.1. The molecule has 32 heavy (non-hydrogen) atoms. The first-order chi connectivity index (χ1) is 15.6. The third-order valence-electron chi connectivity index (χ3n) is 8.29. The molecule has 2 aromatic carbocycles. The van der Waals surface area contributed by atoms with Crippen LogP contribution in [-0.2, 0) is 13.2 Å². The molecule has 1 N–H and O–H groups in total. The highest BCUT2D eigenvalue weighted by molar-refractivity contribution is 6.31. The number of nitrogens with one attached hydrogen (secondary N) is 1. The maximum atomic E-state index is 6.36. The second kappa shape index (κ2) is 9.27. The number of ether oxygens (including phenoxy) is 2. The fraction of sp³-hybridized carbons (Fsp3) is 0.571. The van der Waals surface area contributed by atoms with E-state index in [9.17, 15) is 0 Å². The Morgan fingerprint density at radius 1 is 0.938 bits per heavy atom. The summed E-state index contributed by atoms with van der Waals surface area (Å²) in [5.41, 5.74) is 2.63. The lowest BCUT2D eigenvalue weighted by molar-refractivity contribution is -0.0706. The lowest BCUT2D eigenvalue weighted by Gasteiger charge is -2.59.